The Kier molecular flexibility index (Phi) is 15.5. The molecular formula is C55H58N10O11. The van der Waals surface area contributed by atoms with Crippen LogP contribution in [0.4, 0.5) is 5.69 Å². The van der Waals surface area contributed by atoms with Gasteiger partial charge in [0.25, 0.3) is 0 Å². The molecule has 6 aromatic rings. The second-order valence-electron chi connectivity index (χ2n) is 19.3. The molecule has 0 spiro atoms. The standard InChI is InChI=1S/C55H58N10O11/c1-29-21-49(69)76-46-25-33(14-17-35(29)46)59-51(71)42(23-31-27-57-38-9-4-2-7-36(31)38)61-53(73)43(24-32-28-58-39-10-5-3-8-37(32)39)62-52(72)41(22-30-12-15-34(66)16-13-30)63-54(74)45-11-6-20-65(45)55(75)44(26-47(56)67)64-50(70)40-18-19-48(68)60-40/h2-5,7-10,12-17,21,25,27-28,40-45,49,57-58,66,69H,6,11,18-20,22-24,26H2,1H3,(H2,56,67)(H,59,71)(H,60,68)(H,61,73)(H,62,72)(H,63,74)(H,64,70)/t40-,41+,42+,43+,44-,45-,49?/m0/s1. The normalized spacial score (nSPS) is 18.5. The first-order valence-corrected chi connectivity index (χ1v) is 25.0. The van der Waals surface area contributed by atoms with Crippen molar-refractivity contribution in [3.8, 4) is 11.5 Å². The maximum Gasteiger partial charge on any atom is 0.247 e. The number of aromatic hydroxyl groups is 1. The van der Waals surface area contributed by atoms with Crippen molar-refractivity contribution in [3.05, 3.63) is 132 Å². The molecule has 0 saturated carbocycles. The number of carbonyl (C=O) groups excluding carboxylic acids is 8. The number of amides is 8. The van der Waals surface area contributed by atoms with Crippen molar-refractivity contribution in [2.45, 2.75) is 101 Å². The molecule has 9 rings (SSSR count). The Bertz CT molecular complexity index is 3260. The number of benzene rings is 4. The molecule has 21 nitrogen and oxygen atoms in total. The number of aromatic amines is 2. The van der Waals surface area contributed by atoms with Crippen LogP contribution in [0.5, 0.6) is 11.5 Å². The van der Waals surface area contributed by atoms with E-state index in [9.17, 15) is 43.8 Å². The lowest BCUT2D eigenvalue weighted by Gasteiger charge is -2.30. The average Bonchev–Trinajstić information content (AvgIpc) is 4.24. The van der Waals surface area contributed by atoms with Crippen LogP contribution in [0.25, 0.3) is 27.4 Å². The van der Waals surface area contributed by atoms with Gasteiger partial charge in [-0.05, 0) is 90.9 Å². The number of allylic oxidation sites excluding steroid dienone is 1. The summed E-state index contributed by atoms with van der Waals surface area (Å²) in [5, 5.41) is 38.5. The maximum absolute atomic E-state index is 15.0. The number of anilines is 1. The van der Waals surface area contributed by atoms with Crippen LogP contribution in [0, 0.1) is 0 Å². The molecule has 3 aliphatic rings. The zero-order valence-corrected chi connectivity index (χ0v) is 41.4. The summed E-state index contributed by atoms with van der Waals surface area (Å²) in [5.74, 6) is -5.26. The van der Waals surface area contributed by atoms with Crippen molar-refractivity contribution in [1.82, 2.24) is 41.5 Å². The molecule has 12 N–H and O–H groups in total. The molecule has 2 fully saturated rings. The smallest absolute Gasteiger partial charge is 0.247 e. The summed E-state index contributed by atoms with van der Waals surface area (Å²) in [6, 6.07) is 18.3. The Balaban J connectivity index is 0.995. The lowest BCUT2D eigenvalue weighted by molar-refractivity contribution is -0.143. The zero-order chi connectivity index (χ0) is 53.6. The predicted octanol–water partition coefficient (Wildman–Crippen LogP) is 2.22. The maximum atomic E-state index is 15.0. The van der Waals surface area contributed by atoms with Crippen LogP contribution in [0.2, 0.25) is 0 Å². The molecule has 394 valence electrons. The van der Waals surface area contributed by atoms with Gasteiger partial charge in [0, 0.05) is 83.7 Å². The minimum Gasteiger partial charge on any atom is -0.508 e. The molecule has 21 heteroatoms. The largest absolute Gasteiger partial charge is 0.508 e. The third kappa shape index (κ3) is 12.0. The molecule has 7 atom stereocenters. The number of primary amides is 1. The molecule has 0 aliphatic carbocycles. The monoisotopic (exact) mass is 1030 g/mol. The number of rotatable bonds is 19. The highest BCUT2D eigenvalue weighted by Crippen LogP contribution is 2.34. The summed E-state index contributed by atoms with van der Waals surface area (Å²) < 4.78 is 5.63. The van der Waals surface area contributed by atoms with Gasteiger partial charge in [-0.25, -0.2) is 0 Å². The molecule has 4 aromatic carbocycles. The Hall–Kier alpha value is -8.98. The fourth-order valence-electron chi connectivity index (χ4n) is 10.1. The van der Waals surface area contributed by atoms with Gasteiger partial charge in [0.1, 0.15) is 47.8 Å². The number of carbonyl (C=O) groups is 8. The molecule has 8 amide bonds. The number of nitrogens with one attached hydrogen (secondary N) is 8. The number of fused-ring (bicyclic) bond motifs is 3. The number of hydrogen-bond acceptors (Lipinski definition) is 11. The fourth-order valence-corrected chi connectivity index (χ4v) is 10.1. The van der Waals surface area contributed by atoms with Gasteiger partial charge >= 0.3 is 0 Å². The number of aromatic nitrogens is 2. The van der Waals surface area contributed by atoms with E-state index >= 15 is 4.79 Å². The molecule has 1 unspecified atom stereocenters. The van der Waals surface area contributed by atoms with Gasteiger partial charge in [-0.3, -0.25) is 38.4 Å². The number of ether oxygens (including phenoxy) is 1. The number of aliphatic hydroxyl groups excluding tert-OH is 1. The zero-order valence-electron chi connectivity index (χ0n) is 41.4. The van der Waals surface area contributed by atoms with E-state index in [0.717, 1.165) is 32.9 Å². The van der Waals surface area contributed by atoms with Gasteiger partial charge in [0.15, 0.2) is 0 Å². The van der Waals surface area contributed by atoms with Gasteiger partial charge in [-0.2, -0.15) is 0 Å². The molecule has 76 heavy (non-hydrogen) atoms. The minimum atomic E-state index is -1.46. The average molecular weight is 1040 g/mol. The van der Waals surface area contributed by atoms with Gasteiger partial charge in [-0.15, -0.1) is 0 Å². The molecule has 0 bridgehead atoms. The molecule has 0 radical (unpaired) electrons. The van der Waals surface area contributed by atoms with Gasteiger partial charge < -0.3 is 67.5 Å². The highest BCUT2D eigenvalue weighted by Gasteiger charge is 2.41. The molecular weight excluding hydrogens is 977 g/mol. The number of nitrogens with two attached hydrogens (primary N) is 1. The molecule has 2 aromatic heterocycles. The number of hydrogen-bond donors (Lipinski definition) is 11. The second kappa shape index (κ2) is 22.6. The predicted molar refractivity (Wildman–Crippen MR) is 279 cm³/mol. The molecule has 3 aliphatic heterocycles. The van der Waals surface area contributed by atoms with E-state index in [4.69, 9.17) is 10.5 Å². The SMILES string of the molecule is CC1=CC(O)Oc2cc(NC(=O)[C@@H](Cc3c[nH]c4ccccc34)NC(=O)[C@@H](Cc3c[nH]c4ccccc34)NC(=O)[C@@H](Cc3ccc(O)cc3)NC(=O)[C@@H]3CCCN3C(=O)[C@H](CC(N)=O)NC(=O)[C@@H]3CCC(=O)N3)ccc21. The van der Waals surface area contributed by atoms with Crippen molar-refractivity contribution in [2.24, 2.45) is 5.73 Å². The van der Waals surface area contributed by atoms with E-state index in [2.05, 4.69) is 41.9 Å². The highest BCUT2D eigenvalue weighted by atomic mass is 16.6. The van der Waals surface area contributed by atoms with E-state index in [1.807, 2.05) is 55.5 Å². The van der Waals surface area contributed by atoms with Gasteiger partial charge in [-0.1, -0.05) is 48.5 Å². The molecule has 2 saturated heterocycles. The minimum absolute atomic E-state index is 0.00854. The van der Waals surface area contributed by atoms with E-state index < -0.39 is 90.3 Å². The summed E-state index contributed by atoms with van der Waals surface area (Å²) in [5.41, 5.74) is 10.8. The van der Waals surface area contributed by atoms with Crippen molar-refractivity contribution in [1.29, 1.82) is 0 Å². The lowest BCUT2D eigenvalue weighted by atomic mass is 10.00. The Morgan fingerprint density at radius 2 is 1.34 bits per heavy atom. The highest BCUT2D eigenvalue weighted by molar-refractivity contribution is 6.01. The second-order valence-corrected chi connectivity index (χ2v) is 19.3. The number of phenols is 1. The van der Waals surface area contributed by atoms with Crippen LogP contribution < -0.4 is 42.4 Å². The molecule has 5 heterocycles. The summed E-state index contributed by atoms with van der Waals surface area (Å²) in [4.78, 5) is 118. The van der Waals surface area contributed by atoms with Crippen molar-refractivity contribution < 1.29 is 53.3 Å². The third-order valence-electron chi connectivity index (χ3n) is 14.0. The first-order valence-electron chi connectivity index (χ1n) is 25.0. The van der Waals surface area contributed by atoms with E-state index in [1.165, 1.54) is 17.0 Å². The number of H-pyrrole nitrogens is 2. The van der Waals surface area contributed by atoms with E-state index in [0.29, 0.717) is 34.5 Å². The van der Waals surface area contributed by atoms with Crippen molar-refractivity contribution in [3.63, 3.8) is 0 Å². The number of para-hydroxylation sites is 2. The van der Waals surface area contributed by atoms with Crippen LogP contribution in [0.1, 0.15) is 61.3 Å². The van der Waals surface area contributed by atoms with Crippen molar-refractivity contribution >= 4 is 80.3 Å². The fraction of sp³-hybridized carbons (Fsp3) is 0.309. The third-order valence-corrected chi connectivity index (χ3v) is 14.0. The van der Waals surface area contributed by atoms with Crippen molar-refractivity contribution in [2.75, 3.05) is 11.9 Å². The van der Waals surface area contributed by atoms with E-state index in [1.54, 1.807) is 48.8 Å². The Morgan fingerprint density at radius 3 is 1.96 bits per heavy atom. The summed E-state index contributed by atoms with van der Waals surface area (Å²) in [7, 11) is 0. The Labute approximate surface area is 435 Å². The van der Waals surface area contributed by atoms with Crippen LogP contribution in [0.3, 0.4) is 0 Å². The first kappa shape index (κ1) is 51.9. The Morgan fingerprint density at radius 1 is 0.737 bits per heavy atom. The van der Waals surface area contributed by atoms with Crippen LogP contribution in [-0.4, -0.2) is 121 Å². The van der Waals surface area contributed by atoms with E-state index in [-0.39, 0.29) is 56.7 Å². The lowest BCUT2D eigenvalue weighted by Crippen LogP contribution is -2.60. The van der Waals surface area contributed by atoms with Gasteiger partial charge in [0.05, 0.1) is 6.42 Å². The number of aliphatic hydroxyl groups is 1. The van der Waals surface area contributed by atoms with Crippen LogP contribution in [0.15, 0.2) is 109 Å². The van der Waals surface area contributed by atoms with Crippen LogP contribution in [-0.2, 0) is 57.6 Å². The topological polar surface area (TPSA) is 319 Å². The summed E-state index contributed by atoms with van der Waals surface area (Å²) >= 11 is 0. The number of likely N-dealkylation sites (tertiary alicyclic amines) is 1. The first-order chi connectivity index (χ1) is 36.6. The van der Waals surface area contributed by atoms with Gasteiger partial charge in [0.2, 0.25) is 53.5 Å². The quantitative estimate of drug-likeness (QED) is 0.0559. The number of nitrogens with zero attached hydrogens (tertiary/aromatic N) is 1. The van der Waals surface area contributed by atoms with Crippen LogP contribution >= 0.6 is 0 Å². The number of phenolic OH excluding ortho intramolecular Hbond substituents is 1. The summed E-state index contributed by atoms with van der Waals surface area (Å²) in [6.07, 6.45) is 3.86. The summed E-state index contributed by atoms with van der Waals surface area (Å²) in [6.45, 7) is 1.89.